The first-order valence-corrected chi connectivity index (χ1v) is 6.44. The molecule has 2 aromatic carbocycles. The summed E-state index contributed by atoms with van der Waals surface area (Å²) in [4.78, 5) is 11.9. The molecule has 1 nitrogen and oxygen atoms in total. The van der Waals surface area contributed by atoms with Crippen molar-refractivity contribution in [1.29, 1.82) is 0 Å². The minimum atomic E-state index is -0.319. The van der Waals surface area contributed by atoms with Gasteiger partial charge < -0.3 is 0 Å². The highest BCUT2D eigenvalue weighted by Gasteiger charge is 2.08. The van der Waals surface area contributed by atoms with Gasteiger partial charge in [-0.2, -0.15) is 0 Å². The number of rotatable bonds is 4. The normalized spacial score (nSPS) is 10.3. The molecule has 0 aliphatic heterocycles. The van der Waals surface area contributed by atoms with Gasteiger partial charge in [-0.1, -0.05) is 46.3 Å². The highest BCUT2D eigenvalue weighted by atomic mass is 79.9. The van der Waals surface area contributed by atoms with Gasteiger partial charge in [0.25, 0.3) is 0 Å². The second kappa shape index (κ2) is 5.91. The molecule has 18 heavy (non-hydrogen) atoms. The second-order valence-electron chi connectivity index (χ2n) is 4.11. The van der Waals surface area contributed by atoms with Crippen molar-refractivity contribution in [3.63, 3.8) is 0 Å². The van der Waals surface area contributed by atoms with E-state index in [0.29, 0.717) is 12.0 Å². The number of hydrogen-bond acceptors (Lipinski definition) is 1. The molecule has 0 aliphatic rings. The first-order chi connectivity index (χ1) is 8.65. The Morgan fingerprint density at radius 3 is 2.56 bits per heavy atom. The lowest BCUT2D eigenvalue weighted by Crippen LogP contribution is -2.07. The van der Waals surface area contributed by atoms with Gasteiger partial charge in [0.05, 0.1) is 0 Å². The van der Waals surface area contributed by atoms with Crippen molar-refractivity contribution < 1.29 is 9.18 Å². The molecule has 2 aromatic rings. The van der Waals surface area contributed by atoms with Crippen LogP contribution in [0.3, 0.4) is 0 Å². The molecule has 0 unspecified atom stereocenters. The van der Waals surface area contributed by atoms with Crippen LogP contribution >= 0.6 is 15.9 Å². The van der Waals surface area contributed by atoms with Gasteiger partial charge in [-0.05, 0) is 29.3 Å². The third-order valence-corrected chi connectivity index (χ3v) is 3.13. The van der Waals surface area contributed by atoms with E-state index in [4.69, 9.17) is 0 Å². The Balaban J connectivity index is 2.03. The van der Waals surface area contributed by atoms with E-state index in [0.717, 1.165) is 10.0 Å². The van der Waals surface area contributed by atoms with Crippen molar-refractivity contribution in [2.75, 3.05) is 0 Å². The topological polar surface area (TPSA) is 17.1 Å². The van der Waals surface area contributed by atoms with Gasteiger partial charge in [-0.25, -0.2) is 4.39 Å². The van der Waals surface area contributed by atoms with Crippen molar-refractivity contribution >= 4 is 21.7 Å². The molecule has 92 valence electrons. The Labute approximate surface area is 114 Å². The summed E-state index contributed by atoms with van der Waals surface area (Å²) in [6.45, 7) is 0. The fraction of sp³-hybridized carbons (Fsp3) is 0.133. The van der Waals surface area contributed by atoms with Crippen LogP contribution in [0, 0.1) is 5.82 Å². The Kier molecular flexibility index (Phi) is 4.26. The molecule has 3 heteroatoms. The van der Waals surface area contributed by atoms with Crippen LogP contribution in [0.4, 0.5) is 4.39 Å². The van der Waals surface area contributed by atoms with Gasteiger partial charge in [0, 0.05) is 17.3 Å². The maximum absolute atomic E-state index is 13.4. The van der Waals surface area contributed by atoms with Crippen LogP contribution in [0.5, 0.6) is 0 Å². The monoisotopic (exact) mass is 306 g/mol. The smallest absolute Gasteiger partial charge is 0.141 e. The molecule has 0 saturated carbocycles. The van der Waals surface area contributed by atoms with Crippen molar-refractivity contribution in [1.82, 2.24) is 0 Å². The number of carbonyl (C=O) groups is 1. The average Bonchev–Trinajstić information content (AvgIpc) is 2.32. The third kappa shape index (κ3) is 3.50. The first kappa shape index (κ1) is 13.0. The molecule has 0 spiro atoms. The van der Waals surface area contributed by atoms with E-state index in [1.165, 1.54) is 6.07 Å². The van der Waals surface area contributed by atoms with E-state index in [-0.39, 0.29) is 18.0 Å². The van der Waals surface area contributed by atoms with E-state index >= 15 is 0 Å². The lowest BCUT2D eigenvalue weighted by Gasteiger charge is -2.03. The van der Waals surface area contributed by atoms with Crippen LogP contribution in [0.1, 0.15) is 11.1 Å². The van der Waals surface area contributed by atoms with E-state index < -0.39 is 0 Å². The minimum absolute atomic E-state index is 0.0122. The minimum Gasteiger partial charge on any atom is -0.299 e. The summed E-state index contributed by atoms with van der Waals surface area (Å²) in [7, 11) is 0. The molecule has 0 radical (unpaired) electrons. The quantitative estimate of drug-likeness (QED) is 0.836. The van der Waals surface area contributed by atoms with Gasteiger partial charge in [-0.15, -0.1) is 0 Å². The van der Waals surface area contributed by atoms with Crippen LogP contribution in [-0.2, 0) is 17.6 Å². The highest BCUT2D eigenvalue weighted by Crippen LogP contribution is 2.14. The molecular formula is C15H12BrFO. The Morgan fingerprint density at radius 2 is 1.83 bits per heavy atom. The largest absolute Gasteiger partial charge is 0.299 e. The predicted octanol–water partition coefficient (Wildman–Crippen LogP) is 3.94. The van der Waals surface area contributed by atoms with Crippen molar-refractivity contribution in [3.8, 4) is 0 Å². The first-order valence-electron chi connectivity index (χ1n) is 5.65. The lowest BCUT2D eigenvalue weighted by atomic mass is 10.0. The molecule has 0 aromatic heterocycles. The summed E-state index contributed by atoms with van der Waals surface area (Å²) in [5, 5.41) is 0. The fourth-order valence-electron chi connectivity index (χ4n) is 1.79. The number of halogens is 2. The number of benzene rings is 2. The predicted molar refractivity (Wildman–Crippen MR) is 73.0 cm³/mol. The molecule has 0 saturated heterocycles. The fourth-order valence-corrected chi connectivity index (χ4v) is 2.24. The van der Waals surface area contributed by atoms with E-state index in [1.807, 2.05) is 24.3 Å². The zero-order valence-corrected chi connectivity index (χ0v) is 11.3. The summed E-state index contributed by atoms with van der Waals surface area (Å²) in [5.74, 6) is -0.307. The number of hydrogen-bond donors (Lipinski definition) is 0. The Morgan fingerprint density at radius 1 is 1.06 bits per heavy atom. The molecular weight excluding hydrogens is 295 g/mol. The van der Waals surface area contributed by atoms with Gasteiger partial charge >= 0.3 is 0 Å². The standard InChI is InChI=1S/C15H12BrFO/c16-13-6-3-4-11(8-13)9-14(18)10-12-5-1-2-7-15(12)17/h1-8H,9-10H2. The highest BCUT2D eigenvalue weighted by molar-refractivity contribution is 9.10. The van der Waals surface area contributed by atoms with Crippen LogP contribution in [-0.4, -0.2) is 5.78 Å². The number of carbonyl (C=O) groups excluding carboxylic acids is 1. The Bertz CT molecular complexity index is 566. The van der Waals surface area contributed by atoms with Crippen molar-refractivity contribution in [2.24, 2.45) is 0 Å². The van der Waals surface area contributed by atoms with Gasteiger partial charge in [-0.3, -0.25) is 4.79 Å². The summed E-state index contributed by atoms with van der Waals surface area (Å²) in [6, 6.07) is 14.0. The Hall–Kier alpha value is -1.48. The number of Topliss-reactive ketones (excluding diaryl/α,β-unsaturated/α-hetero) is 1. The summed E-state index contributed by atoms with van der Waals surface area (Å²) >= 11 is 3.36. The molecule has 0 aliphatic carbocycles. The second-order valence-corrected chi connectivity index (χ2v) is 5.03. The van der Waals surface area contributed by atoms with E-state index in [1.54, 1.807) is 18.2 Å². The maximum Gasteiger partial charge on any atom is 0.141 e. The van der Waals surface area contributed by atoms with Crippen LogP contribution < -0.4 is 0 Å². The molecule has 2 rings (SSSR count). The van der Waals surface area contributed by atoms with E-state index in [9.17, 15) is 9.18 Å². The van der Waals surface area contributed by atoms with Gasteiger partial charge in [0.1, 0.15) is 11.6 Å². The summed E-state index contributed by atoms with van der Waals surface area (Å²) in [6.07, 6.45) is 0.465. The van der Waals surface area contributed by atoms with Crippen molar-refractivity contribution in [2.45, 2.75) is 12.8 Å². The van der Waals surface area contributed by atoms with Crippen LogP contribution in [0.2, 0.25) is 0 Å². The zero-order valence-electron chi connectivity index (χ0n) is 9.70. The summed E-state index contributed by atoms with van der Waals surface area (Å²) in [5.41, 5.74) is 1.39. The molecule has 0 N–H and O–H groups in total. The van der Waals surface area contributed by atoms with Crippen LogP contribution in [0.15, 0.2) is 53.0 Å². The van der Waals surface area contributed by atoms with Crippen molar-refractivity contribution in [3.05, 3.63) is 69.9 Å². The molecule has 0 amide bonds. The molecule has 0 fully saturated rings. The average molecular weight is 307 g/mol. The lowest BCUT2D eigenvalue weighted by molar-refractivity contribution is -0.117. The third-order valence-electron chi connectivity index (χ3n) is 2.64. The molecule has 0 bridgehead atoms. The molecule has 0 atom stereocenters. The van der Waals surface area contributed by atoms with E-state index in [2.05, 4.69) is 15.9 Å². The molecule has 0 heterocycles. The van der Waals surface area contributed by atoms with Gasteiger partial charge in [0.2, 0.25) is 0 Å². The van der Waals surface area contributed by atoms with Gasteiger partial charge in [0.15, 0.2) is 0 Å². The zero-order chi connectivity index (χ0) is 13.0. The number of ketones is 1. The SMILES string of the molecule is O=C(Cc1cccc(Br)c1)Cc1ccccc1F. The van der Waals surface area contributed by atoms with Crippen LogP contribution in [0.25, 0.3) is 0 Å². The summed E-state index contributed by atoms with van der Waals surface area (Å²) < 4.78 is 14.3. The maximum atomic E-state index is 13.4.